The van der Waals surface area contributed by atoms with Gasteiger partial charge in [-0.1, -0.05) is 0 Å². The van der Waals surface area contributed by atoms with E-state index in [2.05, 4.69) is 12.2 Å². The van der Waals surface area contributed by atoms with E-state index < -0.39 is 5.97 Å². The van der Waals surface area contributed by atoms with Crippen LogP contribution in [0.5, 0.6) is 11.5 Å². The molecule has 4 bridgehead atoms. The van der Waals surface area contributed by atoms with Gasteiger partial charge in [-0.15, -0.1) is 0 Å². The molecule has 0 spiro atoms. The third-order valence-corrected chi connectivity index (χ3v) is 7.50. The summed E-state index contributed by atoms with van der Waals surface area (Å²) >= 11 is 0. The van der Waals surface area contributed by atoms with Crippen LogP contribution in [-0.2, 0) is 9.53 Å². The summed E-state index contributed by atoms with van der Waals surface area (Å²) in [6.45, 7) is 6.59. The van der Waals surface area contributed by atoms with Crippen LogP contribution in [0.4, 0.5) is 0 Å². The molecular formula is C25H35NO5. The van der Waals surface area contributed by atoms with Crippen LogP contribution in [0.25, 0.3) is 0 Å². The number of hydrogen-bond donors (Lipinski definition) is 1. The van der Waals surface area contributed by atoms with E-state index >= 15 is 0 Å². The van der Waals surface area contributed by atoms with Crippen molar-refractivity contribution in [2.24, 2.45) is 23.2 Å². The lowest BCUT2D eigenvalue weighted by Gasteiger charge is -2.59. The summed E-state index contributed by atoms with van der Waals surface area (Å²) in [4.78, 5) is 25.0. The van der Waals surface area contributed by atoms with Crippen LogP contribution in [0.15, 0.2) is 18.2 Å². The van der Waals surface area contributed by atoms with Gasteiger partial charge in [0.25, 0.3) is 5.91 Å². The maximum atomic E-state index is 12.6. The Balaban J connectivity index is 1.31. The molecule has 6 heteroatoms. The summed E-state index contributed by atoms with van der Waals surface area (Å²) in [5.74, 6) is 2.82. The molecule has 1 amide bonds. The molecule has 0 aliphatic heterocycles. The third kappa shape index (κ3) is 4.68. The zero-order valence-electron chi connectivity index (χ0n) is 18.9. The van der Waals surface area contributed by atoms with Gasteiger partial charge in [0, 0.05) is 6.04 Å². The summed E-state index contributed by atoms with van der Waals surface area (Å²) < 4.78 is 16.4. The second kappa shape index (κ2) is 9.09. The SMILES string of the molecule is CCOc1ccc(C(=O)OCC(=O)N[C@@H](C)C23CC4CC(CC(C4)C2)C3)cc1OCC. The number of rotatable bonds is 9. The van der Waals surface area contributed by atoms with Crippen LogP contribution in [-0.4, -0.2) is 37.7 Å². The van der Waals surface area contributed by atoms with E-state index in [0.29, 0.717) is 30.3 Å². The average molecular weight is 430 g/mol. The van der Waals surface area contributed by atoms with Gasteiger partial charge in [0.1, 0.15) is 0 Å². The van der Waals surface area contributed by atoms with Gasteiger partial charge in [-0.25, -0.2) is 4.79 Å². The van der Waals surface area contributed by atoms with Gasteiger partial charge in [-0.05, 0) is 101 Å². The molecule has 4 aliphatic carbocycles. The first kappa shape index (κ1) is 22.0. The third-order valence-electron chi connectivity index (χ3n) is 7.50. The Morgan fingerprint density at radius 3 is 2.16 bits per heavy atom. The van der Waals surface area contributed by atoms with Crippen LogP contribution < -0.4 is 14.8 Å². The Hall–Kier alpha value is -2.24. The van der Waals surface area contributed by atoms with E-state index in [0.717, 1.165) is 17.8 Å². The Labute approximate surface area is 185 Å². The van der Waals surface area contributed by atoms with Gasteiger partial charge in [0.15, 0.2) is 18.1 Å². The molecular weight excluding hydrogens is 394 g/mol. The first-order chi connectivity index (χ1) is 14.9. The number of ether oxygens (including phenoxy) is 3. The molecule has 4 aliphatic rings. The number of amides is 1. The van der Waals surface area contributed by atoms with Crippen LogP contribution in [0, 0.1) is 23.2 Å². The van der Waals surface area contributed by atoms with Crippen molar-refractivity contribution in [3.05, 3.63) is 23.8 Å². The highest BCUT2D eigenvalue weighted by molar-refractivity contribution is 5.92. The fourth-order valence-electron chi connectivity index (χ4n) is 6.54. The standard InChI is InChI=1S/C25H35NO5/c1-4-29-21-7-6-20(11-22(21)30-5-2)24(28)31-15-23(27)26-16(3)25-12-17-8-18(13-25)10-19(9-17)14-25/h6-7,11,16-19H,4-5,8-10,12-15H2,1-3H3,(H,26,27)/t16-,17?,18?,19?,25?/m0/s1. The lowest BCUT2D eigenvalue weighted by molar-refractivity contribution is -0.128. The fourth-order valence-corrected chi connectivity index (χ4v) is 6.54. The summed E-state index contributed by atoms with van der Waals surface area (Å²) in [6, 6.07) is 5.04. The molecule has 0 saturated heterocycles. The number of benzene rings is 1. The van der Waals surface area contributed by atoms with Gasteiger partial charge in [-0.3, -0.25) is 4.79 Å². The number of carbonyl (C=O) groups excluding carboxylic acids is 2. The van der Waals surface area contributed by atoms with Crippen molar-refractivity contribution >= 4 is 11.9 Å². The molecule has 1 aromatic rings. The van der Waals surface area contributed by atoms with Gasteiger partial charge in [0.2, 0.25) is 0 Å². The van der Waals surface area contributed by atoms with Gasteiger partial charge in [0.05, 0.1) is 18.8 Å². The molecule has 4 fully saturated rings. The van der Waals surface area contributed by atoms with Crippen molar-refractivity contribution in [2.45, 2.75) is 65.3 Å². The minimum absolute atomic E-state index is 0.113. The monoisotopic (exact) mass is 429 g/mol. The van der Waals surface area contributed by atoms with E-state index in [1.165, 1.54) is 38.5 Å². The lowest BCUT2D eigenvalue weighted by atomic mass is 9.48. The highest BCUT2D eigenvalue weighted by Crippen LogP contribution is 2.61. The molecule has 6 nitrogen and oxygen atoms in total. The van der Waals surface area contributed by atoms with Crippen LogP contribution in [0.2, 0.25) is 0 Å². The highest BCUT2D eigenvalue weighted by atomic mass is 16.5. The Morgan fingerprint density at radius 2 is 1.58 bits per heavy atom. The van der Waals surface area contributed by atoms with Crippen molar-refractivity contribution in [2.75, 3.05) is 19.8 Å². The predicted molar refractivity (Wildman–Crippen MR) is 117 cm³/mol. The van der Waals surface area contributed by atoms with Crippen LogP contribution >= 0.6 is 0 Å². The van der Waals surface area contributed by atoms with E-state index in [-0.39, 0.29) is 24.0 Å². The molecule has 1 N–H and O–H groups in total. The summed E-state index contributed by atoms with van der Waals surface area (Å²) in [5.41, 5.74) is 0.574. The number of esters is 1. The minimum atomic E-state index is -0.540. The fraction of sp³-hybridized carbons (Fsp3) is 0.680. The predicted octanol–water partition coefficient (Wildman–Crippen LogP) is 4.36. The maximum absolute atomic E-state index is 12.6. The van der Waals surface area contributed by atoms with E-state index in [9.17, 15) is 9.59 Å². The average Bonchev–Trinajstić information content (AvgIpc) is 2.72. The number of hydrogen-bond acceptors (Lipinski definition) is 5. The molecule has 170 valence electrons. The smallest absolute Gasteiger partial charge is 0.338 e. The molecule has 31 heavy (non-hydrogen) atoms. The highest BCUT2D eigenvalue weighted by Gasteiger charge is 2.53. The van der Waals surface area contributed by atoms with Crippen molar-refractivity contribution in [3.8, 4) is 11.5 Å². The molecule has 0 heterocycles. The lowest BCUT2D eigenvalue weighted by Crippen LogP contribution is -2.56. The second-order valence-electron chi connectivity index (χ2n) is 9.67. The molecule has 1 aromatic carbocycles. The normalized spacial score (nSPS) is 29.3. The first-order valence-corrected chi connectivity index (χ1v) is 11.8. The summed E-state index contributed by atoms with van der Waals surface area (Å²) in [7, 11) is 0. The largest absolute Gasteiger partial charge is 0.490 e. The van der Waals surface area contributed by atoms with Gasteiger partial charge < -0.3 is 19.5 Å². The Kier molecular flexibility index (Phi) is 6.44. The quantitative estimate of drug-likeness (QED) is 0.591. The Morgan fingerprint density at radius 1 is 1.00 bits per heavy atom. The van der Waals surface area contributed by atoms with Crippen LogP contribution in [0.3, 0.4) is 0 Å². The van der Waals surface area contributed by atoms with Crippen molar-refractivity contribution in [3.63, 3.8) is 0 Å². The maximum Gasteiger partial charge on any atom is 0.338 e. The molecule has 0 unspecified atom stereocenters. The van der Waals surface area contributed by atoms with Crippen LogP contribution in [0.1, 0.15) is 69.7 Å². The topological polar surface area (TPSA) is 73.9 Å². The first-order valence-electron chi connectivity index (χ1n) is 11.8. The molecule has 4 saturated carbocycles. The van der Waals surface area contributed by atoms with E-state index in [1.807, 2.05) is 13.8 Å². The zero-order chi connectivity index (χ0) is 22.0. The molecule has 1 atom stereocenters. The van der Waals surface area contributed by atoms with E-state index in [4.69, 9.17) is 14.2 Å². The van der Waals surface area contributed by atoms with Gasteiger partial charge >= 0.3 is 5.97 Å². The summed E-state index contributed by atoms with van der Waals surface area (Å²) in [6.07, 6.45) is 7.82. The zero-order valence-corrected chi connectivity index (χ0v) is 18.9. The van der Waals surface area contributed by atoms with Gasteiger partial charge in [-0.2, -0.15) is 0 Å². The molecule has 0 aromatic heterocycles. The van der Waals surface area contributed by atoms with E-state index in [1.54, 1.807) is 18.2 Å². The molecule has 5 rings (SSSR count). The summed E-state index contributed by atoms with van der Waals surface area (Å²) in [5, 5.41) is 3.14. The van der Waals surface area contributed by atoms with Crippen molar-refractivity contribution in [1.82, 2.24) is 5.32 Å². The van der Waals surface area contributed by atoms with Crippen molar-refractivity contribution < 1.29 is 23.8 Å². The number of nitrogens with one attached hydrogen (secondary N) is 1. The van der Waals surface area contributed by atoms with Crippen molar-refractivity contribution in [1.29, 1.82) is 0 Å². The Bertz CT molecular complexity index is 785. The minimum Gasteiger partial charge on any atom is -0.490 e. The second-order valence-corrected chi connectivity index (χ2v) is 9.67. The molecule has 0 radical (unpaired) electrons. The number of carbonyl (C=O) groups is 2.